The lowest BCUT2D eigenvalue weighted by atomic mass is 10.2. The van der Waals surface area contributed by atoms with Gasteiger partial charge in [-0.2, -0.15) is 0 Å². The highest BCUT2D eigenvalue weighted by atomic mass is 35.5. The summed E-state index contributed by atoms with van der Waals surface area (Å²) in [6, 6.07) is 6.69. The third-order valence-corrected chi connectivity index (χ3v) is 5.54. The molecule has 18 heavy (non-hydrogen) atoms. The van der Waals surface area contributed by atoms with Crippen LogP contribution < -0.4 is 5.32 Å². The molecular formula is C14H18ClNS2. The number of hydrogen-bond acceptors (Lipinski definition) is 3. The standard InChI is InChI=1S/C14H18ClNS2/c1-3-8-16-13(14-11(15)7-9-17-14)12-6-5-10(4-2)18-12/h5-7,9,13,16H,3-4,8H2,1-2H3. The lowest BCUT2D eigenvalue weighted by molar-refractivity contribution is 0.613. The molecule has 0 bridgehead atoms. The van der Waals surface area contributed by atoms with E-state index >= 15 is 0 Å². The first-order valence-corrected chi connectivity index (χ1v) is 8.38. The predicted molar refractivity (Wildman–Crippen MR) is 83.2 cm³/mol. The molecule has 0 radical (unpaired) electrons. The van der Waals surface area contributed by atoms with Crippen LogP contribution in [-0.4, -0.2) is 6.54 Å². The lowest BCUT2D eigenvalue weighted by Gasteiger charge is -2.16. The van der Waals surface area contributed by atoms with E-state index in [0.29, 0.717) is 0 Å². The maximum absolute atomic E-state index is 6.28. The van der Waals surface area contributed by atoms with Gasteiger partial charge < -0.3 is 5.32 Å². The second kappa shape index (κ2) is 6.71. The molecule has 2 aromatic rings. The summed E-state index contributed by atoms with van der Waals surface area (Å²) >= 11 is 9.89. The van der Waals surface area contributed by atoms with Crippen molar-refractivity contribution in [2.75, 3.05) is 6.54 Å². The van der Waals surface area contributed by atoms with E-state index in [4.69, 9.17) is 11.6 Å². The van der Waals surface area contributed by atoms with E-state index in [2.05, 4.69) is 36.7 Å². The first kappa shape index (κ1) is 14.1. The zero-order valence-corrected chi connectivity index (χ0v) is 13.1. The molecule has 0 spiro atoms. The fourth-order valence-corrected chi connectivity index (χ4v) is 4.23. The molecule has 2 heterocycles. The van der Waals surface area contributed by atoms with Crippen molar-refractivity contribution in [3.63, 3.8) is 0 Å². The second-order valence-electron chi connectivity index (χ2n) is 4.18. The molecule has 0 aromatic carbocycles. The van der Waals surface area contributed by atoms with Gasteiger partial charge in [0.25, 0.3) is 0 Å². The highest BCUT2D eigenvalue weighted by molar-refractivity contribution is 7.13. The minimum absolute atomic E-state index is 0.253. The number of nitrogens with one attached hydrogen (secondary N) is 1. The zero-order chi connectivity index (χ0) is 13.0. The van der Waals surface area contributed by atoms with Gasteiger partial charge in [0, 0.05) is 14.6 Å². The first-order valence-electron chi connectivity index (χ1n) is 6.31. The lowest BCUT2D eigenvalue weighted by Crippen LogP contribution is -2.21. The van der Waals surface area contributed by atoms with Gasteiger partial charge in [0.2, 0.25) is 0 Å². The summed E-state index contributed by atoms with van der Waals surface area (Å²) in [6.45, 7) is 5.40. The maximum atomic E-state index is 6.28. The highest BCUT2D eigenvalue weighted by Gasteiger charge is 2.19. The van der Waals surface area contributed by atoms with Crippen molar-refractivity contribution in [1.29, 1.82) is 0 Å². The Bertz CT molecular complexity index is 489. The molecule has 98 valence electrons. The van der Waals surface area contributed by atoms with Crippen LogP contribution in [0.3, 0.4) is 0 Å². The first-order chi connectivity index (χ1) is 8.76. The van der Waals surface area contributed by atoms with Crippen LogP contribution in [0, 0.1) is 0 Å². The fraction of sp³-hybridized carbons (Fsp3) is 0.429. The van der Waals surface area contributed by atoms with Gasteiger partial charge >= 0.3 is 0 Å². The van der Waals surface area contributed by atoms with E-state index in [0.717, 1.165) is 24.4 Å². The number of thiophene rings is 2. The van der Waals surface area contributed by atoms with E-state index in [1.165, 1.54) is 14.6 Å². The number of hydrogen-bond donors (Lipinski definition) is 1. The van der Waals surface area contributed by atoms with Gasteiger partial charge in [-0.25, -0.2) is 0 Å². The van der Waals surface area contributed by atoms with Gasteiger partial charge in [0.1, 0.15) is 0 Å². The quantitative estimate of drug-likeness (QED) is 0.781. The molecule has 4 heteroatoms. The van der Waals surface area contributed by atoms with Crippen molar-refractivity contribution in [3.8, 4) is 0 Å². The van der Waals surface area contributed by atoms with E-state index < -0.39 is 0 Å². The van der Waals surface area contributed by atoms with Crippen LogP contribution in [0.2, 0.25) is 5.02 Å². The van der Waals surface area contributed by atoms with Crippen LogP contribution in [0.1, 0.15) is 40.9 Å². The normalized spacial score (nSPS) is 12.8. The van der Waals surface area contributed by atoms with Crippen molar-refractivity contribution >= 4 is 34.3 Å². The van der Waals surface area contributed by atoms with Crippen LogP contribution in [0.25, 0.3) is 0 Å². The summed E-state index contributed by atoms with van der Waals surface area (Å²) in [5.41, 5.74) is 0. The van der Waals surface area contributed by atoms with Crippen molar-refractivity contribution < 1.29 is 0 Å². The van der Waals surface area contributed by atoms with E-state index in [1.54, 1.807) is 11.3 Å². The van der Waals surface area contributed by atoms with Crippen molar-refractivity contribution in [1.82, 2.24) is 5.32 Å². The second-order valence-corrected chi connectivity index (χ2v) is 6.73. The van der Waals surface area contributed by atoms with Crippen LogP contribution >= 0.6 is 34.3 Å². The molecule has 2 rings (SSSR count). The fourth-order valence-electron chi connectivity index (χ4n) is 1.86. The molecule has 0 aliphatic heterocycles. The molecule has 0 aliphatic carbocycles. The number of aryl methyl sites for hydroxylation is 1. The Hall–Kier alpha value is -0.350. The van der Waals surface area contributed by atoms with E-state index in [-0.39, 0.29) is 6.04 Å². The molecular weight excluding hydrogens is 282 g/mol. The molecule has 1 unspecified atom stereocenters. The SMILES string of the molecule is CCCNC(c1ccc(CC)s1)c1sccc1Cl. The Morgan fingerprint density at radius 3 is 2.67 bits per heavy atom. The Labute approximate surface area is 122 Å². The maximum Gasteiger partial charge on any atom is 0.0780 e. The van der Waals surface area contributed by atoms with Crippen LogP contribution in [0.5, 0.6) is 0 Å². The van der Waals surface area contributed by atoms with Crippen LogP contribution in [-0.2, 0) is 6.42 Å². The minimum Gasteiger partial charge on any atom is -0.305 e. The average molecular weight is 300 g/mol. The van der Waals surface area contributed by atoms with Gasteiger partial charge in [-0.15, -0.1) is 22.7 Å². The van der Waals surface area contributed by atoms with Gasteiger partial charge in [-0.3, -0.25) is 0 Å². The average Bonchev–Trinajstić information content (AvgIpc) is 3.00. The number of halogens is 1. The Morgan fingerprint density at radius 2 is 2.11 bits per heavy atom. The van der Waals surface area contributed by atoms with E-state index in [1.807, 2.05) is 17.4 Å². The molecule has 0 fully saturated rings. The summed E-state index contributed by atoms with van der Waals surface area (Å²) in [7, 11) is 0. The molecule has 0 saturated heterocycles. The zero-order valence-electron chi connectivity index (χ0n) is 10.7. The summed E-state index contributed by atoms with van der Waals surface area (Å²) in [6.07, 6.45) is 2.23. The number of rotatable bonds is 6. The smallest absolute Gasteiger partial charge is 0.0780 e. The molecule has 1 atom stereocenters. The monoisotopic (exact) mass is 299 g/mol. The predicted octanol–water partition coefficient (Wildman–Crippen LogP) is 5.11. The minimum atomic E-state index is 0.253. The highest BCUT2D eigenvalue weighted by Crippen LogP contribution is 2.36. The Morgan fingerprint density at radius 1 is 1.28 bits per heavy atom. The Kier molecular flexibility index (Phi) is 5.25. The summed E-state index contributed by atoms with van der Waals surface area (Å²) in [4.78, 5) is 4.03. The van der Waals surface area contributed by atoms with Gasteiger partial charge in [-0.1, -0.05) is 25.4 Å². The van der Waals surface area contributed by atoms with E-state index in [9.17, 15) is 0 Å². The summed E-state index contributed by atoms with van der Waals surface area (Å²) < 4.78 is 0. The van der Waals surface area contributed by atoms with Crippen molar-refractivity contribution in [2.24, 2.45) is 0 Å². The van der Waals surface area contributed by atoms with Gasteiger partial charge in [-0.05, 0) is 43.0 Å². The largest absolute Gasteiger partial charge is 0.305 e. The Balaban J connectivity index is 2.27. The topological polar surface area (TPSA) is 12.0 Å². The molecule has 0 amide bonds. The summed E-state index contributed by atoms with van der Waals surface area (Å²) in [5.74, 6) is 0. The molecule has 1 N–H and O–H groups in total. The van der Waals surface area contributed by atoms with Gasteiger partial charge in [0.15, 0.2) is 0 Å². The van der Waals surface area contributed by atoms with Crippen LogP contribution in [0.4, 0.5) is 0 Å². The van der Waals surface area contributed by atoms with Gasteiger partial charge in [0.05, 0.1) is 11.1 Å². The molecule has 0 saturated carbocycles. The van der Waals surface area contributed by atoms with Crippen molar-refractivity contribution in [2.45, 2.75) is 32.7 Å². The third-order valence-electron chi connectivity index (χ3n) is 2.82. The molecule has 1 nitrogen and oxygen atoms in total. The van der Waals surface area contributed by atoms with Crippen molar-refractivity contribution in [3.05, 3.63) is 43.2 Å². The third kappa shape index (κ3) is 3.15. The molecule has 0 aliphatic rings. The van der Waals surface area contributed by atoms with Crippen LogP contribution in [0.15, 0.2) is 23.6 Å². The summed E-state index contributed by atoms with van der Waals surface area (Å²) in [5, 5.41) is 6.54. The molecule has 2 aromatic heterocycles.